The zero-order chi connectivity index (χ0) is 21.3. The highest BCUT2D eigenvalue weighted by molar-refractivity contribution is 14.1. The molecule has 1 atom stereocenters. The van der Waals surface area contributed by atoms with E-state index in [4.69, 9.17) is 4.74 Å². The van der Waals surface area contributed by atoms with Gasteiger partial charge in [-0.1, -0.05) is 102 Å². The first-order valence-corrected chi connectivity index (χ1v) is 11.8. The fourth-order valence-corrected chi connectivity index (χ4v) is 3.77. The molecule has 3 aromatic rings. The molecular weight excluding hydrogens is 481 g/mol. The Balaban J connectivity index is 1.91. The number of ether oxygens (including phenoxy) is 1. The van der Waals surface area contributed by atoms with Crippen LogP contribution in [0.25, 0.3) is 11.1 Å². The molecule has 0 saturated carbocycles. The summed E-state index contributed by atoms with van der Waals surface area (Å²) in [6, 6.07) is 29.9. The first kappa shape index (κ1) is 22.6. The summed E-state index contributed by atoms with van der Waals surface area (Å²) in [6.07, 6.45) is 0.966. The lowest BCUT2D eigenvalue weighted by atomic mass is 9.88. The van der Waals surface area contributed by atoms with Crippen molar-refractivity contribution in [1.82, 2.24) is 4.90 Å². The second-order valence-electron chi connectivity index (χ2n) is 7.37. The topological polar surface area (TPSA) is 12.5 Å². The molecule has 0 amide bonds. The number of nitrogens with zero attached hydrogens (tertiary/aromatic N) is 1. The lowest BCUT2D eigenvalue weighted by molar-refractivity contribution is 0.238. The van der Waals surface area contributed by atoms with Crippen molar-refractivity contribution in [2.45, 2.75) is 24.3 Å². The number of likely N-dealkylation sites (N-methyl/N-ethyl adjacent to an activating group) is 1. The SMILES string of the molecule is CC/C(=C(\c1ccccc1)c1ccc(OCCN(C)C(C)I)cc1)c1ccccc1. The van der Waals surface area contributed by atoms with Crippen LogP contribution in [0.5, 0.6) is 5.75 Å². The van der Waals surface area contributed by atoms with Gasteiger partial charge in [0.15, 0.2) is 0 Å². The molecule has 30 heavy (non-hydrogen) atoms. The minimum absolute atomic E-state index is 0.498. The number of halogens is 1. The summed E-state index contributed by atoms with van der Waals surface area (Å²) in [5.41, 5.74) is 6.37. The highest BCUT2D eigenvalue weighted by atomic mass is 127. The van der Waals surface area contributed by atoms with Crippen molar-refractivity contribution in [2.24, 2.45) is 0 Å². The molecule has 0 aliphatic heterocycles. The lowest BCUT2D eigenvalue weighted by Crippen LogP contribution is -2.28. The Morgan fingerprint density at radius 2 is 1.37 bits per heavy atom. The number of alkyl halides is 1. The lowest BCUT2D eigenvalue weighted by Gasteiger charge is -2.20. The van der Waals surface area contributed by atoms with Gasteiger partial charge >= 0.3 is 0 Å². The van der Waals surface area contributed by atoms with Gasteiger partial charge in [-0.25, -0.2) is 0 Å². The molecule has 0 aliphatic carbocycles. The van der Waals surface area contributed by atoms with E-state index in [9.17, 15) is 0 Å². The molecule has 3 rings (SSSR count). The Bertz CT molecular complexity index is 934. The molecule has 3 aromatic carbocycles. The molecule has 0 aromatic heterocycles. The normalized spacial score (nSPS) is 13.1. The summed E-state index contributed by atoms with van der Waals surface area (Å²) < 4.78 is 6.48. The summed E-state index contributed by atoms with van der Waals surface area (Å²) in [5, 5.41) is 0. The predicted molar refractivity (Wildman–Crippen MR) is 137 cm³/mol. The van der Waals surface area contributed by atoms with Crippen molar-refractivity contribution in [3.05, 3.63) is 102 Å². The minimum atomic E-state index is 0.498. The van der Waals surface area contributed by atoms with E-state index in [1.807, 2.05) is 0 Å². The third kappa shape index (κ3) is 5.96. The Morgan fingerprint density at radius 3 is 1.90 bits per heavy atom. The molecule has 0 fully saturated rings. The van der Waals surface area contributed by atoms with E-state index >= 15 is 0 Å². The van der Waals surface area contributed by atoms with E-state index in [2.05, 4.69) is 133 Å². The monoisotopic (exact) mass is 511 g/mol. The third-order valence-electron chi connectivity index (χ3n) is 5.30. The highest BCUT2D eigenvalue weighted by Crippen LogP contribution is 2.34. The first-order valence-electron chi connectivity index (χ1n) is 10.5. The molecule has 156 valence electrons. The van der Waals surface area contributed by atoms with Crippen LogP contribution in [0.3, 0.4) is 0 Å². The van der Waals surface area contributed by atoms with Gasteiger partial charge in [0.05, 0.1) is 4.05 Å². The molecule has 0 bridgehead atoms. The quantitative estimate of drug-likeness (QED) is 0.131. The Labute approximate surface area is 194 Å². The van der Waals surface area contributed by atoms with Crippen LogP contribution < -0.4 is 4.74 Å². The van der Waals surface area contributed by atoms with Crippen LogP contribution >= 0.6 is 22.6 Å². The van der Waals surface area contributed by atoms with Crippen LogP contribution in [0.4, 0.5) is 0 Å². The third-order valence-corrected chi connectivity index (χ3v) is 6.25. The summed E-state index contributed by atoms with van der Waals surface area (Å²) in [6.45, 7) is 6.02. The standard InChI is InChI=1S/C27H30INO/c1-4-26(22-11-7-5-8-12-22)27(23-13-9-6-10-14-23)24-15-17-25(18-16-24)30-20-19-29(3)21(2)28/h5-18,21H,4,19-20H2,1-3H3/b27-26-. The number of hydrogen-bond acceptors (Lipinski definition) is 2. The van der Waals surface area contributed by atoms with E-state index < -0.39 is 0 Å². The van der Waals surface area contributed by atoms with E-state index in [1.165, 1.54) is 27.8 Å². The average molecular weight is 511 g/mol. The first-order chi connectivity index (χ1) is 14.6. The highest BCUT2D eigenvalue weighted by Gasteiger charge is 2.13. The molecule has 0 N–H and O–H groups in total. The van der Waals surface area contributed by atoms with Gasteiger partial charge in [-0.3, -0.25) is 4.90 Å². The molecular formula is C27H30INO. The Kier molecular flexibility index (Phi) is 8.52. The molecule has 1 unspecified atom stereocenters. The van der Waals surface area contributed by atoms with Crippen molar-refractivity contribution in [2.75, 3.05) is 20.2 Å². The Hall–Kier alpha value is -2.11. The van der Waals surface area contributed by atoms with Crippen LogP contribution in [-0.4, -0.2) is 29.1 Å². The molecule has 0 saturated heterocycles. The van der Waals surface area contributed by atoms with Crippen molar-refractivity contribution in [1.29, 1.82) is 0 Å². The van der Waals surface area contributed by atoms with Crippen molar-refractivity contribution in [3.63, 3.8) is 0 Å². The summed E-state index contributed by atoms with van der Waals surface area (Å²) in [5.74, 6) is 0.915. The zero-order valence-corrected chi connectivity index (χ0v) is 20.2. The predicted octanol–water partition coefficient (Wildman–Crippen LogP) is 7.15. The summed E-state index contributed by atoms with van der Waals surface area (Å²) in [7, 11) is 2.12. The van der Waals surface area contributed by atoms with Crippen molar-refractivity contribution < 1.29 is 4.74 Å². The van der Waals surface area contributed by atoms with E-state index in [1.54, 1.807) is 0 Å². The van der Waals surface area contributed by atoms with Gasteiger partial charge < -0.3 is 4.74 Å². The van der Waals surface area contributed by atoms with Crippen LogP contribution in [0, 0.1) is 0 Å². The molecule has 3 heteroatoms. The van der Waals surface area contributed by atoms with Gasteiger partial charge in [0, 0.05) is 6.54 Å². The van der Waals surface area contributed by atoms with Crippen LogP contribution in [0.2, 0.25) is 0 Å². The van der Waals surface area contributed by atoms with Crippen LogP contribution in [0.15, 0.2) is 84.9 Å². The molecule has 2 nitrogen and oxygen atoms in total. The largest absolute Gasteiger partial charge is 0.492 e. The van der Waals surface area contributed by atoms with Gasteiger partial charge in [0.25, 0.3) is 0 Å². The van der Waals surface area contributed by atoms with E-state index in [-0.39, 0.29) is 0 Å². The molecule has 0 aliphatic rings. The maximum Gasteiger partial charge on any atom is 0.119 e. The van der Waals surface area contributed by atoms with Gasteiger partial charge in [-0.15, -0.1) is 0 Å². The second-order valence-corrected chi connectivity index (χ2v) is 9.17. The molecule has 0 heterocycles. The number of rotatable bonds is 9. The van der Waals surface area contributed by atoms with Crippen LogP contribution in [0.1, 0.15) is 37.0 Å². The smallest absolute Gasteiger partial charge is 0.119 e. The zero-order valence-electron chi connectivity index (χ0n) is 18.0. The van der Waals surface area contributed by atoms with Crippen molar-refractivity contribution >= 4 is 33.7 Å². The number of hydrogen-bond donors (Lipinski definition) is 0. The minimum Gasteiger partial charge on any atom is -0.492 e. The summed E-state index contributed by atoms with van der Waals surface area (Å²) in [4.78, 5) is 2.28. The Morgan fingerprint density at radius 1 is 0.833 bits per heavy atom. The number of allylic oxidation sites excluding steroid dienone is 1. The van der Waals surface area contributed by atoms with Gasteiger partial charge in [0.2, 0.25) is 0 Å². The van der Waals surface area contributed by atoms with Gasteiger partial charge in [-0.2, -0.15) is 0 Å². The maximum atomic E-state index is 5.98. The number of benzene rings is 3. The van der Waals surface area contributed by atoms with Gasteiger partial charge in [0.1, 0.15) is 12.4 Å². The maximum absolute atomic E-state index is 5.98. The average Bonchev–Trinajstić information content (AvgIpc) is 2.79. The second kappa shape index (κ2) is 11.3. The summed E-state index contributed by atoms with van der Waals surface area (Å²) >= 11 is 2.42. The molecule has 0 radical (unpaired) electrons. The fourth-order valence-electron chi connectivity index (χ4n) is 3.49. The van der Waals surface area contributed by atoms with Crippen molar-refractivity contribution in [3.8, 4) is 5.75 Å². The van der Waals surface area contributed by atoms with Crippen LogP contribution in [-0.2, 0) is 0 Å². The van der Waals surface area contributed by atoms with E-state index in [0.29, 0.717) is 10.7 Å². The van der Waals surface area contributed by atoms with E-state index in [0.717, 1.165) is 18.7 Å². The van der Waals surface area contributed by atoms with Gasteiger partial charge in [-0.05, 0) is 60.4 Å². The molecule has 0 spiro atoms. The fraction of sp³-hybridized carbons (Fsp3) is 0.259.